The molecule has 0 atom stereocenters. The predicted octanol–water partition coefficient (Wildman–Crippen LogP) is 18.1. The Balaban J connectivity index is 0.954. The van der Waals surface area contributed by atoms with Crippen LogP contribution in [-0.2, 0) is 0 Å². The number of hydrogen-bond donors (Lipinski definition) is 0. The Hall–Kier alpha value is -7.96. The molecule has 0 aliphatic carbocycles. The first-order valence-corrected chi connectivity index (χ1v) is 23.6. The molecule has 0 radical (unpaired) electrons. The third-order valence-corrected chi connectivity index (χ3v) is 15.0. The molecule has 0 aliphatic rings. The minimum absolute atomic E-state index is 1.08. The number of rotatable bonds is 8. The second kappa shape index (κ2) is 15.4. The van der Waals surface area contributed by atoms with E-state index in [9.17, 15) is 0 Å². The molecule has 0 saturated heterocycles. The number of para-hydroxylation sites is 4. The largest absolute Gasteiger partial charge is 0.310 e. The number of aromatic nitrogens is 1. The summed E-state index contributed by atoms with van der Waals surface area (Å²) >= 11 is 3.72. The lowest BCUT2D eigenvalue weighted by atomic mass is 10.0. The van der Waals surface area contributed by atoms with Crippen molar-refractivity contribution in [2.75, 3.05) is 9.80 Å². The summed E-state index contributed by atoms with van der Waals surface area (Å²) in [6.45, 7) is 0. The van der Waals surface area contributed by atoms with Crippen LogP contribution in [0.25, 0.3) is 79.0 Å². The molecule has 3 nitrogen and oxygen atoms in total. The summed E-state index contributed by atoms with van der Waals surface area (Å²) < 4.78 is 7.68. The summed E-state index contributed by atoms with van der Waals surface area (Å²) in [5.41, 5.74) is 12.5. The van der Waals surface area contributed by atoms with Crippen LogP contribution in [0.15, 0.2) is 237 Å². The molecule has 0 fully saturated rings. The van der Waals surface area contributed by atoms with Gasteiger partial charge in [0.1, 0.15) is 0 Å². The molecular weight excluding hydrogens is 827 g/mol. The topological polar surface area (TPSA) is 11.4 Å². The van der Waals surface area contributed by atoms with Gasteiger partial charge in [0.05, 0.1) is 16.7 Å². The highest BCUT2D eigenvalue weighted by molar-refractivity contribution is 7.26. The van der Waals surface area contributed by atoms with E-state index in [1.54, 1.807) is 0 Å². The van der Waals surface area contributed by atoms with E-state index in [-0.39, 0.29) is 0 Å². The lowest BCUT2D eigenvalue weighted by molar-refractivity contribution is 1.18. The van der Waals surface area contributed by atoms with Crippen LogP contribution in [0.2, 0.25) is 0 Å². The van der Waals surface area contributed by atoms with E-state index in [1.807, 2.05) is 22.7 Å². The Morgan fingerprint density at radius 1 is 0.323 bits per heavy atom. The normalized spacial score (nSPS) is 11.7. The predicted molar refractivity (Wildman–Crippen MR) is 281 cm³/mol. The van der Waals surface area contributed by atoms with Crippen LogP contribution in [0.4, 0.5) is 34.1 Å². The number of nitrogens with zero attached hydrogens (tertiary/aromatic N) is 3. The number of hydrogen-bond acceptors (Lipinski definition) is 4. The average Bonchev–Trinajstić information content (AvgIpc) is 4.05. The Labute approximate surface area is 384 Å². The van der Waals surface area contributed by atoms with Crippen molar-refractivity contribution < 1.29 is 0 Å². The lowest BCUT2D eigenvalue weighted by Crippen LogP contribution is -2.11. The molecule has 0 aliphatic heterocycles. The SMILES string of the molecule is c1ccc(N(c2ccc(-c3ccccc3N(c3ccccc3)c3ccc4c(c3)sc3ccccc34)cc2)c2ccc3c4ccc5sc6ccccc6c5c4n(-c4ccccc4)c3c2)cc1. The Morgan fingerprint density at radius 2 is 0.846 bits per heavy atom. The van der Waals surface area contributed by atoms with Gasteiger partial charge in [-0.2, -0.15) is 0 Å². The summed E-state index contributed by atoms with van der Waals surface area (Å²) in [5.74, 6) is 0. The van der Waals surface area contributed by atoms with Crippen LogP contribution < -0.4 is 9.80 Å². The van der Waals surface area contributed by atoms with E-state index in [1.165, 1.54) is 62.2 Å². The lowest BCUT2D eigenvalue weighted by Gasteiger charge is -2.28. The number of thiophene rings is 2. The molecule has 0 amide bonds. The van der Waals surface area contributed by atoms with Crippen LogP contribution >= 0.6 is 22.7 Å². The number of anilines is 6. The molecule has 0 bridgehead atoms. The first-order valence-electron chi connectivity index (χ1n) is 22.0. The van der Waals surface area contributed by atoms with Gasteiger partial charge in [-0.3, -0.25) is 0 Å². The number of benzene rings is 10. The molecule has 306 valence electrons. The van der Waals surface area contributed by atoms with E-state index >= 15 is 0 Å². The summed E-state index contributed by atoms with van der Waals surface area (Å²) in [5, 5.41) is 7.71. The van der Waals surface area contributed by atoms with Crippen molar-refractivity contribution in [1.29, 1.82) is 0 Å². The van der Waals surface area contributed by atoms with Gasteiger partial charge in [-0.1, -0.05) is 140 Å². The van der Waals surface area contributed by atoms with Gasteiger partial charge in [0, 0.05) is 90.8 Å². The van der Waals surface area contributed by atoms with Crippen molar-refractivity contribution in [2.24, 2.45) is 0 Å². The smallest absolute Gasteiger partial charge is 0.0634 e. The van der Waals surface area contributed by atoms with E-state index in [2.05, 4.69) is 251 Å². The van der Waals surface area contributed by atoms with Gasteiger partial charge in [-0.15, -0.1) is 22.7 Å². The summed E-state index contributed by atoms with van der Waals surface area (Å²) in [7, 11) is 0. The summed E-state index contributed by atoms with van der Waals surface area (Å²) in [6.07, 6.45) is 0. The highest BCUT2D eigenvalue weighted by Crippen LogP contribution is 2.47. The van der Waals surface area contributed by atoms with Gasteiger partial charge in [-0.25, -0.2) is 0 Å². The molecule has 0 N–H and O–H groups in total. The fraction of sp³-hybridized carbons (Fsp3) is 0. The van der Waals surface area contributed by atoms with Crippen LogP contribution in [0.3, 0.4) is 0 Å². The van der Waals surface area contributed by atoms with Crippen LogP contribution in [0, 0.1) is 0 Å². The van der Waals surface area contributed by atoms with Crippen molar-refractivity contribution in [3.8, 4) is 16.8 Å². The fourth-order valence-electron chi connectivity index (χ4n) is 9.87. The van der Waals surface area contributed by atoms with E-state index in [0.29, 0.717) is 0 Å². The van der Waals surface area contributed by atoms with Gasteiger partial charge < -0.3 is 14.4 Å². The zero-order chi connectivity index (χ0) is 42.8. The second-order valence-corrected chi connectivity index (χ2v) is 18.7. The van der Waals surface area contributed by atoms with Gasteiger partial charge in [-0.05, 0) is 103 Å². The van der Waals surface area contributed by atoms with E-state index in [0.717, 1.165) is 50.9 Å². The van der Waals surface area contributed by atoms with Crippen molar-refractivity contribution in [3.05, 3.63) is 237 Å². The van der Waals surface area contributed by atoms with Crippen molar-refractivity contribution in [2.45, 2.75) is 0 Å². The second-order valence-electron chi connectivity index (χ2n) is 16.5. The Morgan fingerprint density at radius 3 is 1.60 bits per heavy atom. The Kier molecular flexibility index (Phi) is 8.90. The molecule has 10 aromatic carbocycles. The Bertz CT molecular complexity index is 3890. The highest BCUT2D eigenvalue weighted by atomic mass is 32.1. The van der Waals surface area contributed by atoms with Gasteiger partial charge in [0.2, 0.25) is 0 Å². The van der Waals surface area contributed by atoms with E-state index in [4.69, 9.17) is 0 Å². The maximum absolute atomic E-state index is 2.48. The average molecular weight is 866 g/mol. The molecule has 3 aromatic heterocycles. The monoisotopic (exact) mass is 865 g/mol. The quantitative estimate of drug-likeness (QED) is 0.151. The standard InChI is InChI=1S/C60H39N3S2/c1-4-16-41(17-5-1)61(45-32-34-48-51-36-37-57-59(52-24-12-15-27-56(52)64-57)60(51)63(54(48)38-45)43-20-8-3-9-21-43)44-30-28-40(29-31-44)47-22-10-13-25-53(47)62(42-18-6-2-7-19-42)46-33-35-50-49-23-11-14-26-55(49)65-58(50)39-46/h1-39H. The van der Waals surface area contributed by atoms with Gasteiger partial charge in [0.15, 0.2) is 0 Å². The van der Waals surface area contributed by atoms with E-state index < -0.39 is 0 Å². The van der Waals surface area contributed by atoms with Crippen molar-refractivity contribution >= 4 is 119 Å². The van der Waals surface area contributed by atoms with Crippen LogP contribution in [0.1, 0.15) is 0 Å². The van der Waals surface area contributed by atoms with Gasteiger partial charge >= 0.3 is 0 Å². The zero-order valence-corrected chi connectivity index (χ0v) is 36.8. The minimum Gasteiger partial charge on any atom is -0.310 e. The van der Waals surface area contributed by atoms with Crippen LogP contribution in [0.5, 0.6) is 0 Å². The minimum atomic E-state index is 1.08. The molecule has 0 spiro atoms. The maximum Gasteiger partial charge on any atom is 0.0634 e. The van der Waals surface area contributed by atoms with Gasteiger partial charge in [0.25, 0.3) is 0 Å². The highest BCUT2D eigenvalue weighted by Gasteiger charge is 2.22. The molecule has 13 rings (SSSR count). The molecule has 0 unspecified atom stereocenters. The first-order chi connectivity index (χ1) is 32.2. The third-order valence-electron chi connectivity index (χ3n) is 12.8. The molecular formula is C60H39N3S2. The third kappa shape index (κ3) is 6.23. The molecule has 3 heterocycles. The van der Waals surface area contributed by atoms with Crippen molar-refractivity contribution in [3.63, 3.8) is 0 Å². The molecule has 0 saturated carbocycles. The number of fused-ring (bicyclic) bond motifs is 10. The zero-order valence-electron chi connectivity index (χ0n) is 35.2. The van der Waals surface area contributed by atoms with Crippen LogP contribution in [-0.4, -0.2) is 4.57 Å². The fourth-order valence-corrected chi connectivity index (χ4v) is 12.1. The van der Waals surface area contributed by atoms with Crippen molar-refractivity contribution in [1.82, 2.24) is 4.57 Å². The molecule has 5 heteroatoms. The summed E-state index contributed by atoms with van der Waals surface area (Å²) in [4.78, 5) is 4.78. The molecule has 13 aromatic rings. The maximum atomic E-state index is 2.48. The summed E-state index contributed by atoms with van der Waals surface area (Å²) in [6, 6.07) is 86.2. The molecule has 65 heavy (non-hydrogen) atoms. The first kappa shape index (κ1) is 37.6.